The minimum atomic E-state index is -1.04. The Morgan fingerprint density at radius 1 is 1.07 bits per heavy atom. The summed E-state index contributed by atoms with van der Waals surface area (Å²) >= 11 is 0. The van der Waals surface area contributed by atoms with Gasteiger partial charge < -0.3 is 25.4 Å². The lowest BCUT2D eigenvalue weighted by Crippen LogP contribution is -2.59. The number of benzene rings is 1. The molecule has 43 heavy (non-hydrogen) atoms. The van der Waals surface area contributed by atoms with Crippen molar-refractivity contribution in [2.45, 2.75) is 114 Å². The second-order valence-electron chi connectivity index (χ2n) is 16.0. The Balaban J connectivity index is 1.17. The Kier molecular flexibility index (Phi) is 6.92. The van der Waals surface area contributed by atoms with Crippen LogP contribution >= 0.6 is 21.6 Å². The van der Waals surface area contributed by atoms with Gasteiger partial charge in [-0.1, -0.05) is 54.5 Å². The van der Waals surface area contributed by atoms with Gasteiger partial charge in [0.25, 0.3) is 0 Å². The van der Waals surface area contributed by atoms with Crippen LogP contribution in [0.1, 0.15) is 83.3 Å². The predicted octanol–water partition coefficient (Wildman–Crippen LogP) is 7.17. The SMILES string of the molecule is CCc1ccc2cc1N[C@@H]1[C@H](O)CCC[C@H]1SSC[C@H]1C[C@@]3(CC[C@H]4C[C@]5(C)[C@@]6(O)[C@H](OC)C=C(O)[C@H]6[C@H]4[C@]35C)C[C@H]1C2. The van der Waals surface area contributed by atoms with Crippen LogP contribution in [0.4, 0.5) is 5.69 Å². The Hall–Kier alpha value is -0.860. The number of anilines is 1. The van der Waals surface area contributed by atoms with Crippen molar-refractivity contribution in [1.82, 2.24) is 0 Å². The molecule has 0 unspecified atom stereocenters. The molecule has 5 fully saturated rings. The van der Waals surface area contributed by atoms with Crippen molar-refractivity contribution in [1.29, 1.82) is 0 Å². The molecule has 0 aromatic heterocycles. The first kappa shape index (κ1) is 29.5. The number of fused-ring (bicyclic) bond motifs is 6. The molecule has 1 aromatic rings. The summed E-state index contributed by atoms with van der Waals surface area (Å²) in [6, 6.07) is 7.20. The zero-order valence-electron chi connectivity index (χ0n) is 26.4. The van der Waals surface area contributed by atoms with E-state index in [0.717, 1.165) is 44.3 Å². The van der Waals surface area contributed by atoms with Gasteiger partial charge in [0, 0.05) is 29.2 Å². The minimum absolute atomic E-state index is 0.0442. The lowest BCUT2D eigenvalue weighted by atomic mass is 9.48. The fourth-order valence-corrected chi connectivity index (χ4v) is 16.2. The van der Waals surface area contributed by atoms with E-state index in [0.29, 0.717) is 34.7 Å². The third kappa shape index (κ3) is 3.72. The van der Waals surface area contributed by atoms with E-state index in [-0.39, 0.29) is 34.3 Å². The Labute approximate surface area is 265 Å². The molecular formula is C36H51NO4S2. The molecule has 5 nitrogen and oxygen atoms in total. The predicted molar refractivity (Wildman–Crippen MR) is 176 cm³/mol. The van der Waals surface area contributed by atoms with Crippen LogP contribution < -0.4 is 5.32 Å². The number of aliphatic hydroxyl groups excluding tert-OH is 2. The fraction of sp³-hybridized carbons (Fsp3) is 0.778. The first-order chi connectivity index (χ1) is 20.6. The monoisotopic (exact) mass is 625 g/mol. The number of nitrogens with one attached hydrogen (secondary N) is 1. The molecule has 4 N–H and O–H groups in total. The van der Waals surface area contributed by atoms with Crippen LogP contribution in [0.5, 0.6) is 0 Å². The highest BCUT2D eigenvalue weighted by atomic mass is 33.1. The van der Waals surface area contributed by atoms with E-state index in [9.17, 15) is 15.3 Å². The topological polar surface area (TPSA) is 82.0 Å². The summed E-state index contributed by atoms with van der Waals surface area (Å²) in [6.45, 7) is 7.14. The van der Waals surface area contributed by atoms with Gasteiger partial charge >= 0.3 is 0 Å². The summed E-state index contributed by atoms with van der Waals surface area (Å²) in [7, 11) is 5.78. The maximum absolute atomic E-state index is 12.7. The van der Waals surface area contributed by atoms with Gasteiger partial charge in [-0.15, -0.1) is 0 Å². The number of ether oxygens (including phenoxy) is 1. The van der Waals surface area contributed by atoms with Crippen molar-refractivity contribution in [3.63, 3.8) is 0 Å². The maximum atomic E-state index is 12.7. The normalized spacial score (nSPS) is 51.6. The summed E-state index contributed by atoms with van der Waals surface area (Å²) in [5.41, 5.74) is 2.77. The van der Waals surface area contributed by atoms with Crippen LogP contribution in [0.15, 0.2) is 30.0 Å². The number of methoxy groups -OCH3 is 1. The van der Waals surface area contributed by atoms with Crippen LogP contribution in [-0.2, 0) is 17.6 Å². The molecule has 13 atom stereocenters. The molecule has 6 bridgehead atoms. The van der Waals surface area contributed by atoms with Crippen molar-refractivity contribution >= 4 is 27.3 Å². The van der Waals surface area contributed by atoms with Crippen molar-refractivity contribution < 1.29 is 20.1 Å². The summed E-state index contributed by atoms with van der Waals surface area (Å²) in [5.74, 6) is 3.43. The van der Waals surface area contributed by atoms with Crippen LogP contribution in [0.3, 0.4) is 0 Å². The first-order valence-electron chi connectivity index (χ1n) is 17.1. The van der Waals surface area contributed by atoms with E-state index in [2.05, 4.69) is 55.1 Å². The average molecular weight is 626 g/mol. The first-order valence-corrected chi connectivity index (χ1v) is 19.5. The summed E-state index contributed by atoms with van der Waals surface area (Å²) < 4.78 is 5.92. The number of rotatable bonds is 2. The highest BCUT2D eigenvalue weighted by Crippen LogP contribution is 2.86. The molecule has 1 aromatic carbocycles. The van der Waals surface area contributed by atoms with Crippen molar-refractivity contribution in [2.75, 3.05) is 18.2 Å². The Bertz CT molecular complexity index is 1320. The van der Waals surface area contributed by atoms with Crippen LogP contribution in [0.2, 0.25) is 0 Å². The second-order valence-corrected chi connectivity index (χ2v) is 18.6. The van der Waals surface area contributed by atoms with Crippen molar-refractivity contribution in [3.05, 3.63) is 41.2 Å². The maximum Gasteiger partial charge on any atom is 0.110 e. The lowest BCUT2D eigenvalue weighted by Gasteiger charge is -2.57. The third-order valence-electron chi connectivity index (χ3n) is 14.8. The molecule has 7 heteroatoms. The van der Waals surface area contributed by atoms with E-state index in [1.54, 1.807) is 7.11 Å². The Morgan fingerprint density at radius 3 is 2.67 bits per heavy atom. The van der Waals surface area contributed by atoms with Gasteiger partial charge in [-0.3, -0.25) is 0 Å². The third-order valence-corrected chi connectivity index (χ3v) is 17.8. The van der Waals surface area contributed by atoms with Gasteiger partial charge in [0.05, 0.1) is 23.8 Å². The average Bonchev–Trinajstić information content (AvgIpc) is 3.57. The molecule has 236 valence electrons. The molecule has 1 heterocycles. The zero-order chi connectivity index (χ0) is 29.9. The van der Waals surface area contributed by atoms with Gasteiger partial charge in [-0.05, 0) is 122 Å². The standard InChI is InChI=1S/C36H51NO4S2/c1-5-21-10-9-20-13-23-17-35(18-24(23)19-42-43-28-8-6-7-26(38)32(28)37-25(21)14-20)12-11-22-16-33(2)34(35,3)30(22)31-27(39)15-29(41-4)36(31,33)40/h9-10,14-15,22-24,26,28-32,37-40H,5-8,11-13,16-19H2,1-4H3/t22-,23+,24+,26+,28+,29+,30-,31-,32+,33-,34-,35+,36+/m0/s1. The van der Waals surface area contributed by atoms with Gasteiger partial charge in [0.1, 0.15) is 11.7 Å². The minimum Gasteiger partial charge on any atom is -0.512 e. The highest BCUT2D eigenvalue weighted by molar-refractivity contribution is 8.77. The van der Waals surface area contributed by atoms with Gasteiger partial charge in [0.2, 0.25) is 0 Å². The molecule has 0 amide bonds. The van der Waals surface area contributed by atoms with E-state index in [1.807, 2.05) is 16.9 Å². The molecule has 8 rings (SSSR count). The number of aliphatic hydroxyl groups is 3. The molecule has 1 aliphatic heterocycles. The summed E-state index contributed by atoms with van der Waals surface area (Å²) in [4.78, 5) is 0. The molecule has 6 aliphatic carbocycles. The van der Waals surface area contributed by atoms with Crippen LogP contribution in [0, 0.1) is 45.8 Å². The van der Waals surface area contributed by atoms with Crippen LogP contribution in [-0.4, -0.2) is 57.3 Å². The smallest absolute Gasteiger partial charge is 0.110 e. The molecule has 5 saturated carbocycles. The summed E-state index contributed by atoms with van der Waals surface area (Å²) in [5, 5.41) is 39.3. The number of hydrogen-bond acceptors (Lipinski definition) is 7. The molecule has 0 radical (unpaired) electrons. The highest BCUT2D eigenvalue weighted by Gasteiger charge is 2.86. The van der Waals surface area contributed by atoms with Crippen molar-refractivity contribution in [2.24, 2.45) is 45.8 Å². The second kappa shape index (κ2) is 10.1. The van der Waals surface area contributed by atoms with E-state index >= 15 is 0 Å². The molecule has 0 saturated heterocycles. The van der Waals surface area contributed by atoms with E-state index in [4.69, 9.17) is 4.74 Å². The van der Waals surface area contributed by atoms with E-state index in [1.165, 1.54) is 42.5 Å². The van der Waals surface area contributed by atoms with Gasteiger partial charge in [-0.2, -0.15) is 0 Å². The molecular weight excluding hydrogens is 575 g/mol. The molecule has 1 spiro atoms. The summed E-state index contributed by atoms with van der Waals surface area (Å²) in [6.07, 6.45) is 12.2. The number of hydrogen-bond donors (Lipinski definition) is 4. The lowest BCUT2D eigenvalue weighted by molar-refractivity contribution is -0.181. The van der Waals surface area contributed by atoms with E-state index < -0.39 is 11.7 Å². The quantitative estimate of drug-likeness (QED) is 0.260. The van der Waals surface area contributed by atoms with Crippen LogP contribution in [0.25, 0.3) is 0 Å². The van der Waals surface area contributed by atoms with Crippen molar-refractivity contribution in [3.8, 4) is 0 Å². The number of aryl methyl sites for hydroxylation is 1. The van der Waals surface area contributed by atoms with Gasteiger partial charge in [-0.25, -0.2) is 0 Å². The zero-order valence-corrected chi connectivity index (χ0v) is 28.0. The molecule has 7 aliphatic rings. The Morgan fingerprint density at radius 2 is 1.88 bits per heavy atom. The largest absolute Gasteiger partial charge is 0.512 e. The fourth-order valence-electron chi connectivity index (χ4n) is 12.8. The van der Waals surface area contributed by atoms with Gasteiger partial charge in [0.15, 0.2) is 0 Å².